The van der Waals surface area contributed by atoms with E-state index in [4.69, 9.17) is 4.74 Å². The van der Waals surface area contributed by atoms with E-state index in [-0.39, 0.29) is 5.56 Å². The number of ether oxygens (including phenoxy) is 1. The smallest absolute Gasteiger partial charge is 0.258 e. The Morgan fingerprint density at radius 1 is 1.37 bits per heavy atom. The van der Waals surface area contributed by atoms with Crippen molar-refractivity contribution in [2.75, 3.05) is 26.3 Å². The van der Waals surface area contributed by atoms with E-state index in [9.17, 15) is 4.79 Å². The van der Waals surface area contributed by atoms with Gasteiger partial charge in [-0.25, -0.2) is 4.98 Å². The van der Waals surface area contributed by atoms with Crippen LogP contribution in [0.15, 0.2) is 33.7 Å². The molecule has 0 aliphatic carbocycles. The molecule has 1 saturated heterocycles. The molecule has 6 heteroatoms. The Morgan fingerprint density at radius 3 is 2.95 bits per heavy atom. The number of hydrogen-bond acceptors (Lipinski definition) is 3. The molecule has 5 nitrogen and oxygen atoms in total. The monoisotopic (exact) mass is 324 g/mol. The minimum Gasteiger partial charge on any atom is -0.370 e. The summed E-state index contributed by atoms with van der Waals surface area (Å²) in [6.45, 7) is 4.30. The highest BCUT2D eigenvalue weighted by Crippen LogP contribution is 2.09. The highest BCUT2D eigenvalue weighted by Gasteiger charge is 2.15. The average Bonchev–Trinajstić information content (AvgIpc) is 2.41. The molecule has 0 spiro atoms. The summed E-state index contributed by atoms with van der Waals surface area (Å²) in [6, 6.07) is 5.37. The quantitative estimate of drug-likeness (QED) is 0.837. The Balaban J connectivity index is 1.92. The number of pyridine rings is 1. The molecule has 2 aromatic heterocycles. The third-order valence-electron chi connectivity index (χ3n) is 3.31. The van der Waals surface area contributed by atoms with E-state index in [1.807, 2.05) is 12.1 Å². The fraction of sp³-hybridized carbons (Fsp3) is 0.385. The van der Waals surface area contributed by atoms with Crippen LogP contribution in [0.5, 0.6) is 0 Å². The van der Waals surface area contributed by atoms with Crippen molar-refractivity contribution in [2.24, 2.45) is 0 Å². The first-order valence-electron chi connectivity index (χ1n) is 6.31. The molecule has 3 heterocycles. The normalized spacial score (nSPS) is 16.9. The second-order valence-corrected chi connectivity index (χ2v) is 5.62. The first kappa shape index (κ1) is 12.8. The molecular formula is C13H15BrN3O2+. The zero-order valence-electron chi connectivity index (χ0n) is 10.4. The van der Waals surface area contributed by atoms with Crippen LogP contribution in [-0.2, 0) is 11.3 Å². The third kappa shape index (κ3) is 2.86. The fourth-order valence-electron chi connectivity index (χ4n) is 2.31. The lowest BCUT2D eigenvalue weighted by atomic mass is 10.3. The highest BCUT2D eigenvalue weighted by molar-refractivity contribution is 9.10. The topological polar surface area (TPSA) is 48.0 Å². The van der Waals surface area contributed by atoms with Crippen LogP contribution >= 0.6 is 15.9 Å². The Kier molecular flexibility index (Phi) is 3.63. The Morgan fingerprint density at radius 2 is 2.16 bits per heavy atom. The minimum atomic E-state index is -0.0334. The van der Waals surface area contributed by atoms with Gasteiger partial charge in [-0.1, -0.05) is 0 Å². The molecule has 0 radical (unpaired) electrons. The molecule has 19 heavy (non-hydrogen) atoms. The van der Waals surface area contributed by atoms with Gasteiger partial charge in [0.2, 0.25) is 0 Å². The molecule has 0 unspecified atom stereocenters. The van der Waals surface area contributed by atoms with Crippen LogP contribution in [0.2, 0.25) is 0 Å². The van der Waals surface area contributed by atoms with Gasteiger partial charge in [0.15, 0.2) is 0 Å². The summed E-state index contributed by atoms with van der Waals surface area (Å²) in [5.74, 6) is 0. The molecule has 1 N–H and O–H groups in total. The first-order valence-corrected chi connectivity index (χ1v) is 7.11. The van der Waals surface area contributed by atoms with Crippen molar-refractivity contribution in [3.05, 3.63) is 44.9 Å². The lowest BCUT2D eigenvalue weighted by molar-refractivity contribution is -0.921. The van der Waals surface area contributed by atoms with E-state index in [1.165, 1.54) is 4.90 Å². The molecule has 0 saturated carbocycles. The predicted octanol–water partition coefficient (Wildman–Crippen LogP) is -0.128. The van der Waals surface area contributed by atoms with Crippen molar-refractivity contribution in [1.29, 1.82) is 0 Å². The largest absolute Gasteiger partial charge is 0.370 e. The van der Waals surface area contributed by atoms with Gasteiger partial charge in [0, 0.05) is 16.7 Å². The maximum absolute atomic E-state index is 12.1. The highest BCUT2D eigenvalue weighted by atomic mass is 79.9. The zero-order chi connectivity index (χ0) is 13.2. The summed E-state index contributed by atoms with van der Waals surface area (Å²) in [7, 11) is 0. The number of halogens is 1. The van der Waals surface area contributed by atoms with Crippen molar-refractivity contribution in [2.45, 2.75) is 6.54 Å². The van der Waals surface area contributed by atoms with E-state index in [0.29, 0.717) is 5.65 Å². The second-order valence-electron chi connectivity index (χ2n) is 4.70. The maximum Gasteiger partial charge on any atom is 0.258 e. The summed E-state index contributed by atoms with van der Waals surface area (Å²) in [6.07, 6.45) is 1.75. The van der Waals surface area contributed by atoms with E-state index >= 15 is 0 Å². The Bertz CT molecular complexity index is 650. The summed E-state index contributed by atoms with van der Waals surface area (Å²) in [5, 5.41) is 0. The number of hydrogen-bond donors (Lipinski definition) is 1. The number of quaternary nitrogens is 1. The third-order valence-corrected chi connectivity index (χ3v) is 3.78. The molecule has 1 aliphatic rings. The summed E-state index contributed by atoms with van der Waals surface area (Å²) >= 11 is 3.36. The molecule has 2 aromatic rings. The van der Waals surface area contributed by atoms with Gasteiger partial charge in [0.1, 0.15) is 31.0 Å². The summed E-state index contributed by atoms with van der Waals surface area (Å²) in [5.41, 5.74) is 1.51. The fourth-order valence-corrected chi connectivity index (χ4v) is 2.65. The van der Waals surface area contributed by atoms with Gasteiger partial charge in [-0.05, 0) is 28.1 Å². The number of rotatable bonds is 2. The van der Waals surface area contributed by atoms with Crippen LogP contribution in [0.25, 0.3) is 5.65 Å². The van der Waals surface area contributed by atoms with Crippen molar-refractivity contribution in [3.8, 4) is 0 Å². The number of nitrogens with one attached hydrogen (secondary N) is 1. The van der Waals surface area contributed by atoms with Gasteiger partial charge in [0.05, 0.1) is 13.2 Å². The standard InChI is InChI=1S/C13H14BrN3O2/c14-10-1-2-12-15-11(7-13(18)17(12)8-10)9-16-3-5-19-6-4-16/h1-2,7-8H,3-6,9H2/p+1. The van der Waals surface area contributed by atoms with Gasteiger partial charge in [0.25, 0.3) is 5.56 Å². The van der Waals surface area contributed by atoms with Gasteiger partial charge in [-0.15, -0.1) is 0 Å². The summed E-state index contributed by atoms with van der Waals surface area (Å²) < 4.78 is 7.76. The number of fused-ring (bicyclic) bond motifs is 1. The molecule has 0 amide bonds. The van der Waals surface area contributed by atoms with E-state index in [1.54, 1.807) is 16.7 Å². The molecule has 1 aliphatic heterocycles. The van der Waals surface area contributed by atoms with Crippen molar-refractivity contribution >= 4 is 21.6 Å². The lowest BCUT2D eigenvalue weighted by Crippen LogP contribution is -3.12. The lowest BCUT2D eigenvalue weighted by Gasteiger charge is -2.23. The number of aromatic nitrogens is 2. The Hall–Kier alpha value is -1.24. The molecule has 100 valence electrons. The van der Waals surface area contributed by atoms with Crippen molar-refractivity contribution in [3.63, 3.8) is 0 Å². The maximum atomic E-state index is 12.1. The van der Waals surface area contributed by atoms with Crippen molar-refractivity contribution in [1.82, 2.24) is 9.38 Å². The molecule has 0 bridgehead atoms. The SMILES string of the molecule is O=c1cc(C[NH+]2CCOCC2)nc2ccc(Br)cn12. The van der Waals surface area contributed by atoms with Gasteiger partial charge < -0.3 is 9.64 Å². The minimum absolute atomic E-state index is 0.0334. The Labute approximate surface area is 119 Å². The van der Waals surface area contributed by atoms with Crippen LogP contribution in [0, 0.1) is 0 Å². The number of nitrogens with zero attached hydrogens (tertiary/aromatic N) is 2. The molecular weight excluding hydrogens is 310 g/mol. The zero-order valence-corrected chi connectivity index (χ0v) is 12.0. The van der Waals surface area contributed by atoms with E-state index in [0.717, 1.165) is 43.0 Å². The molecule has 1 fully saturated rings. The van der Waals surface area contributed by atoms with Crippen LogP contribution < -0.4 is 10.5 Å². The number of morpholine rings is 1. The van der Waals surface area contributed by atoms with Crippen LogP contribution in [0.1, 0.15) is 5.69 Å². The van der Waals surface area contributed by atoms with Gasteiger partial charge in [-0.3, -0.25) is 9.20 Å². The van der Waals surface area contributed by atoms with E-state index < -0.39 is 0 Å². The van der Waals surface area contributed by atoms with Crippen LogP contribution in [-0.4, -0.2) is 35.7 Å². The van der Waals surface area contributed by atoms with Crippen LogP contribution in [0.4, 0.5) is 0 Å². The van der Waals surface area contributed by atoms with Crippen molar-refractivity contribution < 1.29 is 9.64 Å². The first-order chi connectivity index (χ1) is 9.22. The molecule has 3 rings (SSSR count). The summed E-state index contributed by atoms with van der Waals surface area (Å²) in [4.78, 5) is 18.0. The van der Waals surface area contributed by atoms with Crippen LogP contribution in [0.3, 0.4) is 0 Å². The average molecular weight is 325 g/mol. The van der Waals surface area contributed by atoms with E-state index in [2.05, 4.69) is 20.9 Å². The predicted molar refractivity (Wildman–Crippen MR) is 74.4 cm³/mol. The second kappa shape index (κ2) is 5.40. The molecule has 0 aromatic carbocycles. The van der Waals surface area contributed by atoms with Gasteiger partial charge >= 0.3 is 0 Å². The molecule has 0 atom stereocenters. The van der Waals surface area contributed by atoms with Gasteiger partial charge in [-0.2, -0.15) is 0 Å².